The molecule has 7 aliphatic rings. The van der Waals surface area contributed by atoms with Crippen LogP contribution < -0.4 is 0 Å². The highest BCUT2D eigenvalue weighted by molar-refractivity contribution is 5.92. The van der Waals surface area contributed by atoms with Crippen molar-refractivity contribution in [2.75, 3.05) is 6.61 Å². The average Bonchev–Trinajstić information content (AvgIpc) is 3.47. The Balaban J connectivity index is 1.39. The number of aliphatic hydroxyl groups excluding tert-OH is 1. The topological polar surface area (TPSA) is 84.1 Å². The maximum absolute atomic E-state index is 12.1. The molecule has 0 unspecified atom stereocenters. The summed E-state index contributed by atoms with van der Waals surface area (Å²) in [6.45, 7) is 6.91. The van der Waals surface area contributed by atoms with Gasteiger partial charge in [0, 0.05) is 11.0 Å². The molecular formula is C20H24O6. The summed E-state index contributed by atoms with van der Waals surface area (Å²) >= 11 is 0. The van der Waals surface area contributed by atoms with Gasteiger partial charge in [-0.25, -0.2) is 4.79 Å². The van der Waals surface area contributed by atoms with E-state index in [0.29, 0.717) is 6.61 Å². The molecule has 6 heteroatoms. The first-order valence-corrected chi connectivity index (χ1v) is 9.95. The van der Waals surface area contributed by atoms with Gasteiger partial charge in [-0.1, -0.05) is 20.8 Å². The van der Waals surface area contributed by atoms with Crippen molar-refractivity contribution in [1.29, 1.82) is 0 Å². The number of cyclic esters (lactones) is 1. The van der Waals surface area contributed by atoms with Crippen LogP contribution in [0.4, 0.5) is 0 Å². The number of fused-ring (bicyclic) bond motifs is 4. The fraction of sp³-hybridized carbons (Fsp3) is 0.850. The van der Waals surface area contributed by atoms with E-state index in [1.165, 1.54) is 0 Å². The summed E-state index contributed by atoms with van der Waals surface area (Å²) in [6, 6.07) is 0. The van der Waals surface area contributed by atoms with Crippen LogP contribution in [0.2, 0.25) is 0 Å². The third-order valence-corrected chi connectivity index (χ3v) is 9.10. The summed E-state index contributed by atoms with van der Waals surface area (Å²) in [4.78, 5) is 12.1. The Hall–Kier alpha value is -0.950. The quantitative estimate of drug-likeness (QED) is 0.557. The molecule has 140 valence electrons. The molecule has 4 aliphatic heterocycles. The van der Waals surface area contributed by atoms with Gasteiger partial charge in [0.1, 0.15) is 36.1 Å². The number of rotatable bonds is 1. The van der Waals surface area contributed by atoms with Crippen LogP contribution in [0.5, 0.6) is 0 Å². The van der Waals surface area contributed by atoms with Gasteiger partial charge in [-0.05, 0) is 36.7 Å². The molecule has 0 amide bonds. The fourth-order valence-electron chi connectivity index (χ4n) is 7.70. The summed E-state index contributed by atoms with van der Waals surface area (Å²) in [6.07, 6.45) is 1.71. The lowest BCUT2D eigenvalue weighted by Crippen LogP contribution is -2.69. The number of aliphatic hydroxyl groups is 1. The van der Waals surface area contributed by atoms with Crippen molar-refractivity contribution in [2.45, 2.75) is 81.3 Å². The van der Waals surface area contributed by atoms with Crippen LogP contribution in [0.1, 0.15) is 40.0 Å². The number of epoxide rings is 3. The highest BCUT2D eigenvalue weighted by Gasteiger charge is 3.00. The molecule has 7 rings (SSSR count). The first-order valence-electron chi connectivity index (χ1n) is 9.95. The summed E-state index contributed by atoms with van der Waals surface area (Å²) in [5.41, 5.74) is 0.230. The van der Waals surface area contributed by atoms with Gasteiger partial charge in [0.15, 0.2) is 5.60 Å². The third-order valence-electron chi connectivity index (χ3n) is 9.10. The van der Waals surface area contributed by atoms with Gasteiger partial charge in [0.25, 0.3) is 0 Å². The fourth-order valence-corrected chi connectivity index (χ4v) is 7.70. The van der Waals surface area contributed by atoms with E-state index in [1.54, 1.807) is 0 Å². The van der Waals surface area contributed by atoms with Crippen molar-refractivity contribution in [2.24, 2.45) is 17.3 Å². The monoisotopic (exact) mass is 360 g/mol. The lowest BCUT2D eigenvalue weighted by Gasteiger charge is -2.53. The molecule has 3 aliphatic carbocycles. The number of carbonyl (C=O) groups is 1. The van der Waals surface area contributed by atoms with E-state index in [1.807, 2.05) is 0 Å². The zero-order chi connectivity index (χ0) is 17.9. The molecule has 2 saturated carbocycles. The standard InChI is InChI=1S/C20H24O6/c1-8(2)18-13(25-18)14-20(26-14)17(3)5-4-9-10(7-23-15(9)21)11(17)6-12-19(20,24-12)16(18)22/h8,11-14,16,22H,4-7H2,1-3H3/t11-,12-,13-,14-,16+,17-,18+,19+,20-/m0/s1. The van der Waals surface area contributed by atoms with Crippen LogP contribution in [0.15, 0.2) is 11.1 Å². The van der Waals surface area contributed by atoms with E-state index in [2.05, 4.69) is 20.8 Å². The van der Waals surface area contributed by atoms with Crippen LogP contribution in [0, 0.1) is 17.3 Å². The Morgan fingerprint density at radius 2 is 2.00 bits per heavy atom. The molecule has 0 aromatic carbocycles. The minimum atomic E-state index is -0.654. The second-order valence-electron chi connectivity index (χ2n) is 9.91. The predicted octanol–water partition coefficient (Wildman–Crippen LogP) is 1.10. The smallest absolute Gasteiger partial charge is 0.334 e. The van der Waals surface area contributed by atoms with Crippen molar-refractivity contribution >= 4 is 5.97 Å². The second kappa shape index (κ2) is 3.79. The number of carbonyl (C=O) groups excluding carboxylic acids is 1. The van der Waals surface area contributed by atoms with Gasteiger partial charge in [-0.3, -0.25) is 0 Å². The van der Waals surface area contributed by atoms with Gasteiger partial charge in [0.05, 0.1) is 6.10 Å². The molecule has 5 fully saturated rings. The van der Waals surface area contributed by atoms with Crippen LogP contribution in [0.3, 0.4) is 0 Å². The zero-order valence-electron chi connectivity index (χ0n) is 15.3. The highest BCUT2D eigenvalue weighted by Crippen LogP contribution is 2.82. The van der Waals surface area contributed by atoms with E-state index in [9.17, 15) is 9.90 Å². The Morgan fingerprint density at radius 1 is 1.19 bits per heavy atom. The van der Waals surface area contributed by atoms with Crippen LogP contribution in [-0.4, -0.2) is 58.9 Å². The first-order chi connectivity index (χ1) is 12.3. The first kappa shape index (κ1) is 15.0. The lowest BCUT2D eigenvalue weighted by molar-refractivity contribution is -0.136. The molecule has 26 heavy (non-hydrogen) atoms. The molecule has 3 saturated heterocycles. The summed E-state index contributed by atoms with van der Waals surface area (Å²) in [7, 11) is 0. The molecule has 9 atom stereocenters. The highest BCUT2D eigenvalue weighted by atomic mass is 16.7. The van der Waals surface area contributed by atoms with Crippen molar-refractivity contribution in [3.63, 3.8) is 0 Å². The number of hydrogen-bond acceptors (Lipinski definition) is 6. The van der Waals surface area contributed by atoms with Gasteiger partial charge >= 0.3 is 5.97 Å². The summed E-state index contributed by atoms with van der Waals surface area (Å²) in [5, 5.41) is 11.4. The number of hydrogen-bond donors (Lipinski definition) is 1. The van der Waals surface area contributed by atoms with Crippen molar-refractivity contribution in [3.05, 3.63) is 11.1 Å². The van der Waals surface area contributed by atoms with Crippen molar-refractivity contribution in [3.8, 4) is 0 Å². The molecule has 0 bridgehead atoms. The molecule has 1 N–H and O–H groups in total. The van der Waals surface area contributed by atoms with Gasteiger partial charge in [-0.2, -0.15) is 0 Å². The van der Waals surface area contributed by atoms with Crippen LogP contribution in [0.25, 0.3) is 0 Å². The van der Waals surface area contributed by atoms with Crippen LogP contribution in [-0.2, 0) is 23.7 Å². The maximum Gasteiger partial charge on any atom is 0.334 e. The molecule has 2 spiro atoms. The Morgan fingerprint density at radius 3 is 2.77 bits per heavy atom. The van der Waals surface area contributed by atoms with E-state index in [-0.39, 0.29) is 41.5 Å². The van der Waals surface area contributed by atoms with E-state index in [4.69, 9.17) is 18.9 Å². The second-order valence-corrected chi connectivity index (χ2v) is 9.91. The van der Waals surface area contributed by atoms with E-state index < -0.39 is 22.9 Å². The minimum Gasteiger partial charge on any atom is -0.458 e. The zero-order valence-corrected chi connectivity index (χ0v) is 15.3. The molecule has 4 heterocycles. The van der Waals surface area contributed by atoms with E-state index >= 15 is 0 Å². The largest absolute Gasteiger partial charge is 0.458 e. The molecular weight excluding hydrogens is 336 g/mol. The molecule has 6 nitrogen and oxygen atoms in total. The molecule has 0 aromatic heterocycles. The van der Waals surface area contributed by atoms with E-state index in [0.717, 1.165) is 30.4 Å². The third kappa shape index (κ3) is 1.14. The van der Waals surface area contributed by atoms with Gasteiger partial charge < -0.3 is 24.1 Å². The SMILES string of the molecule is CC(C)[C@@]12O[C@H]1[C@@H]1O[C@@]13[C@]1(O[C@H]1C[C@H]1C4=C(CC[C@@]13C)C(=O)OC4)[C@@H]2O. The molecule has 0 radical (unpaired) electrons. The Bertz CT molecular complexity index is 819. The number of esters is 1. The number of ether oxygens (including phenoxy) is 4. The van der Waals surface area contributed by atoms with Crippen molar-refractivity contribution in [1.82, 2.24) is 0 Å². The van der Waals surface area contributed by atoms with Gasteiger partial charge in [-0.15, -0.1) is 0 Å². The average molecular weight is 360 g/mol. The minimum absolute atomic E-state index is 0.00808. The summed E-state index contributed by atoms with van der Waals surface area (Å²) < 4.78 is 24.3. The molecule has 0 aromatic rings. The summed E-state index contributed by atoms with van der Waals surface area (Å²) in [5.74, 6) is 0.297. The normalized spacial score (nSPS) is 63.1. The van der Waals surface area contributed by atoms with Crippen molar-refractivity contribution < 1.29 is 28.8 Å². The maximum atomic E-state index is 12.1. The lowest BCUT2D eigenvalue weighted by atomic mass is 9.46. The Labute approximate surface area is 151 Å². The van der Waals surface area contributed by atoms with Crippen LogP contribution >= 0.6 is 0 Å². The Kier molecular flexibility index (Phi) is 2.19. The predicted molar refractivity (Wildman–Crippen MR) is 87.1 cm³/mol. The van der Waals surface area contributed by atoms with Gasteiger partial charge in [0.2, 0.25) is 0 Å².